The Morgan fingerprint density at radius 3 is 2.33 bits per heavy atom. The molecule has 30 heavy (non-hydrogen) atoms. The second-order valence-electron chi connectivity index (χ2n) is 8.79. The number of hydrogen-bond acceptors (Lipinski definition) is 4. The van der Waals surface area contributed by atoms with Gasteiger partial charge in [-0.05, 0) is 37.8 Å². The van der Waals surface area contributed by atoms with E-state index in [2.05, 4.69) is 0 Å². The van der Waals surface area contributed by atoms with Gasteiger partial charge in [0, 0.05) is 51.0 Å². The van der Waals surface area contributed by atoms with Crippen LogP contribution in [0.2, 0.25) is 0 Å². The van der Waals surface area contributed by atoms with Gasteiger partial charge in [0.1, 0.15) is 5.82 Å². The van der Waals surface area contributed by atoms with E-state index in [0.29, 0.717) is 55.7 Å². The molecule has 0 radical (unpaired) electrons. The van der Waals surface area contributed by atoms with Gasteiger partial charge in [0.2, 0.25) is 11.8 Å². The van der Waals surface area contributed by atoms with Crippen LogP contribution in [0, 0.1) is 5.92 Å². The lowest BCUT2D eigenvalue weighted by molar-refractivity contribution is -0.144. The van der Waals surface area contributed by atoms with Gasteiger partial charge in [0.25, 0.3) is 5.56 Å². The third-order valence-corrected chi connectivity index (χ3v) is 6.75. The van der Waals surface area contributed by atoms with Crippen molar-refractivity contribution in [2.24, 2.45) is 5.92 Å². The van der Waals surface area contributed by atoms with Crippen molar-refractivity contribution in [2.75, 3.05) is 26.2 Å². The van der Waals surface area contributed by atoms with Crippen LogP contribution in [0.15, 0.2) is 29.1 Å². The van der Waals surface area contributed by atoms with Crippen molar-refractivity contribution in [2.45, 2.75) is 51.0 Å². The van der Waals surface area contributed by atoms with Gasteiger partial charge < -0.3 is 9.80 Å². The quantitative estimate of drug-likeness (QED) is 0.760. The Balaban J connectivity index is 1.24. The van der Waals surface area contributed by atoms with Crippen LogP contribution in [0.25, 0.3) is 10.9 Å². The maximum Gasteiger partial charge on any atom is 0.261 e. The summed E-state index contributed by atoms with van der Waals surface area (Å²) in [6.45, 7) is 2.44. The molecule has 0 spiro atoms. The lowest BCUT2D eigenvalue weighted by atomic mass is 9.84. The van der Waals surface area contributed by atoms with E-state index in [0.717, 1.165) is 32.1 Å². The van der Waals surface area contributed by atoms with Crippen molar-refractivity contribution in [3.8, 4) is 0 Å². The molecule has 1 aliphatic heterocycles. The lowest BCUT2D eigenvalue weighted by Crippen LogP contribution is -2.52. The highest BCUT2D eigenvalue weighted by Crippen LogP contribution is 2.35. The summed E-state index contributed by atoms with van der Waals surface area (Å²) in [5.41, 5.74) is 0.707. The summed E-state index contributed by atoms with van der Waals surface area (Å²) in [4.78, 5) is 46.6. The summed E-state index contributed by atoms with van der Waals surface area (Å²) in [6, 6.07) is 7.65. The predicted octanol–water partition coefficient (Wildman–Crippen LogP) is 2.13. The Morgan fingerprint density at radius 2 is 1.67 bits per heavy atom. The first-order valence-corrected chi connectivity index (χ1v) is 11.2. The van der Waals surface area contributed by atoms with Gasteiger partial charge in [-0.2, -0.15) is 0 Å². The number of carbonyl (C=O) groups excluding carboxylic acids is 2. The van der Waals surface area contributed by atoms with Crippen molar-refractivity contribution in [1.82, 2.24) is 19.4 Å². The van der Waals surface area contributed by atoms with Crippen LogP contribution in [-0.4, -0.2) is 57.3 Å². The first-order valence-electron chi connectivity index (χ1n) is 11.2. The minimum absolute atomic E-state index is 0.00803. The Bertz CT molecular complexity index is 1030. The molecule has 0 N–H and O–H groups in total. The molecule has 2 aromatic rings. The van der Waals surface area contributed by atoms with E-state index < -0.39 is 0 Å². The Labute approximate surface area is 175 Å². The zero-order chi connectivity index (χ0) is 20.7. The van der Waals surface area contributed by atoms with Gasteiger partial charge in [-0.25, -0.2) is 4.98 Å². The first kappa shape index (κ1) is 19.3. The maximum atomic E-state index is 13.0. The largest absolute Gasteiger partial charge is 0.339 e. The summed E-state index contributed by atoms with van der Waals surface area (Å²) in [6.07, 6.45) is 5.99. The highest BCUT2D eigenvalue weighted by atomic mass is 16.2. The van der Waals surface area contributed by atoms with Gasteiger partial charge in [-0.15, -0.1) is 0 Å². The van der Waals surface area contributed by atoms with Crippen molar-refractivity contribution in [3.05, 3.63) is 40.4 Å². The number of para-hydroxylation sites is 1. The average Bonchev–Trinajstić information content (AvgIpc) is 3.56. The van der Waals surface area contributed by atoms with Crippen LogP contribution in [0.3, 0.4) is 0 Å². The van der Waals surface area contributed by atoms with Crippen LogP contribution >= 0.6 is 0 Å². The van der Waals surface area contributed by atoms with Crippen molar-refractivity contribution >= 4 is 22.7 Å². The summed E-state index contributed by atoms with van der Waals surface area (Å²) < 4.78 is 1.81. The molecule has 2 aliphatic carbocycles. The molecule has 7 heteroatoms. The second kappa shape index (κ2) is 7.85. The van der Waals surface area contributed by atoms with E-state index >= 15 is 0 Å². The van der Waals surface area contributed by atoms with Crippen molar-refractivity contribution in [1.29, 1.82) is 0 Å². The molecule has 0 unspecified atom stereocenters. The van der Waals surface area contributed by atoms with Crippen LogP contribution in [0.5, 0.6) is 0 Å². The molecule has 3 aliphatic rings. The number of fused-ring (bicyclic) bond motifs is 1. The number of hydrogen-bond donors (Lipinski definition) is 0. The fraction of sp³-hybridized carbons (Fsp3) is 0.565. The van der Waals surface area contributed by atoms with E-state index in [9.17, 15) is 14.4 Å². The average molecular weight is 409 g/mol. The molecule has 2 amide bonds. The standard InChI is InChI=1S/C23H28N4O3/c28-21(25-12-14-26(15-13-25)22(29)16-4-3-5-16)11-10-20-24-19-7-2-1-6-18(19)23(30)27(20)17-8-9-17/h1-2,6-7,16-17H,3-5,8-15H2. The summed E-state index contributed by atoms with van der Waals surface area (Å²) in [5, 5.41) is 0.645. The van der Waals surface area contributed by atoms with E-state index in [1.165, 1.54) is 0 Å². The SMILES string of the molecule is O=C(CCc1nc2ccccc2c(=O)n1C1CC1)N1CCN(C(=O)C2CCC2)CC1. The molecule has 158 valence electrons. The minimum atomic E-state index is 0.00803. The maximum absolute atomic E-state index is 13.0. The zero-order valence-electron chi connectivity index (χ0n) is 17.3. The van der Waals surface area contributed by atoms with Crippen LogP contribution in [0.1, 0.15) is 50.4 Å². The molecular weight excluding hydrogens is 380 g/mol. The molecule has 1 aromatic carbocycles. The topological polar surface area (TPSA) is 75.5 Å². The Hall–Kier alpha value is -2.70. The van der Waals surface area contributed by atoms with Crippen LogP contribution in [-0.2, 0) is 16.0 Å². The molecule has 0 atom stereocenters. The molecule has 2 heterocycles. The molecule has 7 nitrogen and oxygen atoms in total. The van der Waals surface area contributed by atoms with Crippen molar-refractivity contribution in [3.63, 3.8) is 0 Å². The number of rotatable bonds is 5. The molecule has 5 rings (SSSR count). The monoisotopic (exact) mass is 408 g/mol. The molecule has 2 saturated carbocycles. The van der Waals surface area contributed by atoms with Crippen LogP contribution in [0.4, 0.5) is 0 Å². The number of piperazine rings is 1. The van der Waals surface area contributed by atoms with Gasteiger partial charge in [-0.3, -0.25) is 19.0 Å². The third-order valence-electron chi connectivity index (χ3n) is 6.75. The fourth-order valence-electron chi connectivity index (χ4n) is 4.54. The number of aryl methyl sites for hydroxylation is 1. The zero-order valence-corrected chi connectivity index (χ0v) is 17.3. The number of aromatic nitrogens is 2. The first-order chi connectivity index (χ1) is 14.6. The highest BCUT2D eigenvalue weighted by molar-refractivity contribution is 5.81. The van der Waals surface area contributed by atoms with Gasteiger partial charge in [0.15, 0.2) is 0 Å². The van der Waals surface area contributed by atoms with Gasteiger partial charge in [0.05, 0.1) is 10.9 Å². The number of benzene rings is 1. The van der Waals surface area contributed by atoms with Crippen LogP contribution < -0.4 is 5.56 Å². The molecular formula is C23H28N4O3. The van der Waals surface area contributed by atoms with E-state index in [-0.39, 0.29) is 29.3 Å². The number of carbonyl (C=O) groups is 2. The second-order valence-corrected chi connectivity index (χ2v) is 8.79. The Morgan fingerprint density at radius 1 is 0.967 bits per heavy atom. The Kier molecular flexibility index (Phi) is 5.05. The molecule has 0 bridgehead atoms. The minimum Gasteiger partial charge on any atom is -0.339 e. The molecule has 1 saturated heterocycles. The lowest BCUT2D eigenvalue weighted by Gasteiger charge is -2.38. The summed E-state index contributed by atoms with van der Waals surface area (Å²) in [5.74, 6) is 1.27. The van der Waals surface area contributed by atoms with Gasteiger partial charge in [-0.1, -0.05) is 18.6 Å². The van der Waals surface area contributed by atoms with E-state index in [4.69, 9.17) is 4.98 Å². The normalized spacial score (nSPS) is 19.7. The van der Waals surface area contributed by atoms with E-state index in [1.807, 2.05) is 38.6 Å². The smallest absolute Gasteiger partial charge is 0.261 e. The van der Waals surface area contributed by atoms with Gasteiger partial charge >= 0.3 is 0 Å². The number of nitrogens with zero attached hydrogens (tertiary/aromatic N) is 4. The molecule has 1 aromatic heterocycles. The number of amides is 2. The summed E-state index contributed by atoms with van der Waals surface area (Å²) in [7, 11) is 0. The van der Waals surface area contributed by atoms with E-state index in [1.54, 1.807) is 0 Å². The highest BCUT2D eigenvalue weighted by Gasteiger charge is 2.32. The van der Waals surface area contributed by atoms with Crippen molar-refractivity contribution < 1.29 is 9.59 Å². The third kappa shape index (κ3) is 3.61. The summed E-state index contributed by atoms with van der Waals surface area (Å²) >= 11 is 0. The fourth-order valence-corrected chi connectivity index (χ4v) is 4.54. The molecule has 3 fully saturated rings. The predicted molar refractivity (Wildman–Crippen MR) is 113 cm³/mol.